The average molecular weight is 266 g/mol. The third kappa shape index (κ3) is 3.62. The van der Waals surface area contributed by atoms with E-state index in [4.69, 9.17) is 14.2 Å². The summed E-state index contributed by atoms with van der Waals surface area (Å²) >= 11 is 0. The predicted molar refractivity (Wildman–Crippen MR) is 71.9 cm³/mol. The van der Waals surface area contributed by atoms with Crippen LogP contribution >= 0.6 is 0 Å². The second-order valence-electron chi connectivity index (χ2n) is 4.73. The lowest BCUT2D eigenvalue weighted by atomic mass is 9.79. The van der Waals surface area contributed by atoms with Gasteiger partial charge in [0, 0.05) is 5.46 Å². The van der Waals surface area contributed by atoms with Crippen LogP contribution in [-0.4, -0.2) is 43.1 Å². The number of ether oxygens (including phenoxy) is 3. The number of rotatable bonds is 5. The van der Waals surface area contributed by atoms with Gasteiger partial charge in [-0.1, -0.05) is 0 Å². The van der Waals surface area contributed by atoms with Crippen molar-refractivity contribution in [3.8, 4) is 11.5 Å². The van der Waals surface area contributed by atoms with Gasteiger partial charge in [0.15, 0.2) is 0 Å². The maximum atomic E-state index is 9.35. The van der Waals surface area contributed by atoms with Gasteiger partial charge in [0.1, 0.15) is 18.1 Å². The summed E-state index contributed by atoms with van der Waals surface area (Å²) in [7, 11) is -0.0644. The summed E-state index contributed by atoms with van der Waals surface area (Å²) in [5.41, 5.74) is 0.297. The molecule has 0 bridgehead atoms. The summed E-state index contributed by atoms with van der Waals surface area (Å²) in [6.45, 7) is 2.45. The van der Waals surface area contributed by atoms with Gasteiger partial charge in [0.2, 0.25) is 0 Å². The first-order chi connectivity index (χ1) is 9.10. The molecular weight excluding hydrogens is 247 g/mol. The van der Waals surface area contributed by atoms with E-state index in [1.807, 2.05) is 6.92 Å². The second kappa shape index (κ2) is 6.28. The normalized spacial score (nSPS) is 22.3. The standard InChI is InChI=1S/C13H19BO5/c1-9-3-4-11(19-9)8-18-13-6-5-10(17-2)7-12(13)14(15)16/h5-7,9,11,15-16H,3-4,8H2,1-2H3. The van der Waals surface area contributed by atoms with E-state index in [2.05, 4.69) is 0 Å². The molecule has 1 aliphatic rings. The van der Waals surface area contributed by atoms with Gasteiger partial charge >= 0.3 is 7.12 Å². The molecule has 104 valence electrons. The number of hydrogen-bond acceptors (Lipinski definition) is 5. The Hall–Kier alpha value is -1.24. The van der Waals surface area contributed by atoms with Crippen LogP contribution in [0.4, 0.5) is 0 Å². The van der Waals surface area contributed by atoms with Crippen LogP contribution in [0.5, 0.6) is 11.5 Å². The molecule has 0 aliphatic carbocycles. The van der Waals surface area contributed by atoms with E-state index < -0.39 is 7.12 Å². The zero-order chi connectivity index (χ0) is 13.8. The minimum atomic E-state index is -1.59. The van der Waals surface area contributed by atoms with Crippen LogP contribution in [-0.2, 0) is 4.74 Å². The van der Waals surface area contributed by atoms with E-state index in [-0.39, 0.29) is 12.2 Å². The van der Waals surface area contributed by atoms with Gasteiger partial charge in [0.25, 0.3) is 0 Å². The van der Waals surface area contributed by atoms with Crippen LogP contribution in [0.25, 0.3) is 0 Å². The SMILES string of the molecule is COc1ccc(OCC2CCC(C)O2)c(B(O)O)c1. The largest absolute Gasteiger partial charge is 0.497 e. The van der Waals surface area contributed by atoms with Gasteiger partial charge in [-0.2, -0.15) is 0 Å². The van der Waals surface area contributed by atoms with Gasteiger partial charge < -0.3 is 24.3 Å². The van der Waals surface area contributed by atoms with Crippen LogP contribution in [0, 0.1) is 0 Å². The smallest absolute Gasteiger partial charge is 0.492 e. The maximum Gasteiger partial charge on any atom is 0.492 e. The quantitative estimate of drug-likeness (QED) is 0.751. The van der Waals surface area contributed by atoms with E-state index in [1.165, 1.54) is 7.11 Å². The zero-order valence-electron chi connectivity index (χ0n) is 11.2. The maximum absolute atomic E-state index is 9.35. The topological polar surface area (TPSA) is 68.2 Å². The molecule has 1 aromatic carbocycles. The average Bonchev–Trinajstić information content (AvgIpc) is 2.82. The molecule has 6 heteroatoms. The molecule has 0 radical (unpaired) electrons. The van der Waals surface area contributed by atoms with E-state index in [0.717, 1.165) is 12.8 Å². The fraction of sp³-hybridized carbons (Fsp3) is 0.538. The Bertz CT molecular complexity index is 423. The molecular formula is C13H19BO5. The Morgan fingerprint density at radius 2 is 2.16 bits per heavy atom. The molecule has 5 nitrogen and oxygen atoms in total. The summed E-state index contributed by atoms with van der Waals surface area (Å²) in [6.07, 6.45) is 2.34. The van der Waals surface area contributed by atoms with Crippen molar-refractivity contribution in [2.75, 3.05) is 13.7 Å². The summed E-state index contributed by atoms with van der Waals surface area (Å²) in [5, 5.41) is 18.7. The lowest BCUT2D eigenvalue weighted by molar-refractivity contribution is 0.0266. The van der Waals surface area contributed by atoms with Crippen molar-refractivity contribution >= 4 is 12.6 Å². The summed E-state index contributed by atoms with van der Waals surface area (Å²) in [6, 6.07) is 4.95. The highest BCUT2D eigenvalue weighted by Gasteiger charge is 2.24. The molecule has 1 aromatic rings. The second-order valence-corrected chi connectivity index (χ2v) is 4.73. The molecule has 0 saturated carbocycles. The molecule has 1 aliphatic heterocycles. The van der Waals surface area contributed by atoms with E-state index >= 15 is 0 Å². The van der Waals surface area contributed by atoms with Crippen LogP contribution in [0.3, 0.4) is 0 Å². The number of methoxy groups -OCH3 is 1. The molecule has 2 N–H and O–H groups in total. The Kier molecular flexibility index (Phi) is 4.68. The number of benzene rings is 1. The van der Waals surface area contributed by atoms with Crippen LogP contribution in [0.15, 0.2) is 18.2 Å². The van der Waals surface area contributed by atoms with Crippen molar-refractivity contribution < 1.29 is 24.3 Å². The molecule has 19 heavy (non-hydrogen) atoms. The highest BCUT2D eigenvalue weighted by molar-refractivity contribution is 6.59. The summed E-state index contributed by atoms with van der Waals surface area (Å²) < 4.78 is 16.3. The van der Waals surface area contributed by atoms with E-state index in [9.17, 15) is 10.0 Å². The van der Waals surface area contributed by atoms with Gasteiger partial charge in [-0.3, -0.25) is 0 Å². The molecule has 1 fully saturated rings. The van der Waals surface area contributed by atoms with Crippen molar-refractivity contribution in [1.82, 2.24) is 0 Å². The molecule has 1 heterocycles. The highest BCUT2D eigenvalue weighted by Crippen LogP contribution is 2.21. The van der Waals surface area contributed by atoms with Crippen molar-refractivity contribution in [2.24, 2.45) is 0 Å². The van der Waals surface area contributed by atoms with Crippen molar-refractivity contribution in [3.63, 3.8) is 0 Å². The van der Waals surface area contributed by atoms with Gasteiger partial charge in [0.05, 0.1) is 19.3 Å². The monoisotopic (exact) mass is 266 g/mol. The molecule has 2 rings (SSSR count). The van der Waals surface area contributed by atoms with Crippen LogP contribution in [0.1, 0.15) is 19.8 Å². The third-order valence-corrected chi connectivity index (χ3v) is 3.24. The first kappa shape index (κ1) is 14.2. The Morgan fingerprint density at radius 3 is 2.74 bits per heavy atom. The first-order valence-corrected chi connectivity index (χ1v) is 6.42. The Balaban J connectivity index is 2.02. The Morgan fingerprint density at radius 1 is 1.37 bits per heavy atom. The molecule has 0 aromatic heterocycles. The third-order valence-electron chi connectivity index (χ3n) is 3.24. The molecule has 1 saturated heterocycles. The van der Waals surface area contributed by atoms with Crippen LogP contribution < -0.4 is 14.9 Å². The zero-order valence-corrected chi connectivity index (χ0v) is 11.2. The van der Waals surface area contributed by atoms with E-state index in [1.54, 1.807) is 18.2 Å². The van der Waals surface area contributed by atoms with Gasteiger partial charge in [-0.15, -0.1) is 0 Å². The van der Waals surface area contributed by atoms with Crippen molar-refractivity contribution in [1.29, 1.82) is 0 Å². The molecule has 0 spiro atoms. The first-order valence-electron chi connectivity index (χ1n) is 6.42. The Labute approximate surface area is 113 Å². The van der Waals surface area contributed by atoms with Gasteiger partial charge in [-0.05, 0) is 38.0 Å². The minimum Gasteiger partial charge on any atom is -0.497 e. The highest BCUT2D eigenvalue weighted by atomic mass is 16.5. The molecule has 2 atom stereocenters. The lowest BCUT2D eigenvalue weighted by Crippen LogP contribution is -2.32. The van der Waals surface area contributed by atoms with Crippen molar-refractivity contribution in [3.05, 3.63) is 18.2 Å². The summed E-state index contributed by atoms with van der Waals surface area (Å²) in [5.74, 6) is 1.00. The molecule has 0 amide bonds. The molecule has 2 unspecified atom stereocenters. The van der Waals surface area contributed by atoms with Gasteiger partial charge in [-0.25, -0.2) is 0 Å². The van der Waals surface area contributed by atoms with E-state index in [0.29, 0.717) is 23.6 Å². The summed E-state index contributed by atoms with van der Waals surface area (Å²) in [4.78, 5) is 0. The minimum absolute atomic E-state index is 0.0702. The predicted octanol–water partition coefficient (Wildman–Crippen LogP) is 0.321. The van der Waals surface area contributed by atoms with Crippen LogP contribution in [0.2, 0.25) is 0 Å². The van der Waals surface area contributed by atoms with Crippen molar-refractivity contribution in [2.45, 2.75) is 32.0 Å². The fourth-order valence-corrected chi connectivity index (χ4v) is 2.18. The number of hydrogen-bond donors (Lipinski definition) is 2. The fourth-order valence-electron chi connectivity index (χ4n) is 2.18. The lowest BCUT2D eigenvalue weighted by Gasteiger charge is -2.16.